The van der Waals surface area contributed by atoms with Gasteiger partial charge in [0, 0.05) is 4.75 Å². The van der Waals surface area contributed by atoms with Gasteiger partial charge in [0.15, 0.2) is 0 Å². The molecule has 0 bridgehead atoms. The zero-order valence-electron chi connectivity index (χ0n) is 9.39. The van der Waals surface area contributed by atoms with E-state index in [4.69, 9.17) is 0 Å². The first-order chi connectivity index (χ1) is 6.04. The van der Waals surface area contributed by atoms with Crippen LogP contribution in [0.1, 0.15) is 47.0 Å². The van der Waals surface area contributed by atoms with E-state index in [1.807, 2.05) is 0 Å². The van der Waals surface area contributed by atoms with Crippen LogP contribution in [0.5, 0.6) is 0 Å². The van der Waals surface area contributed by atoms with Crippen molar-refractivity contribution in [2.24, 2.45) is 17.3 Å². The summed E-state index contributed by atoms with van der Waals surface area (Å²) in [5.41, 5.74) is 0.637. The van der Waals surface area contributed by atoms with Crippen molar-refractivity contribution in [3.63, 3.8) is 0 Å². The molecule has 2 rings (SSSR count). The van der Waals surface area contributed by atoms with Crippen LogP contribution in [-0.2, 0) is 0 Å². The summed E-state index contributed by atoms with van der Waals surface area (Å²) in [6.07, 6.45) is 4.43. The Balaban J connectivity index is 2.15. The summed E-state index contributed by atoms with van der Waals surface area (Å²) in [6.45, 7) is 9.71. The van der Waals surface area contributed by atoms with E-state index in [9.17, 15) is 0 Å². The maximum Gasteiger partial charge on any atom is 0.0250 e. The Labute approximate surface area is 86.9 Å². The molecule has 0 aromatic heterocycles. The Morgan fingerprint density at radius 1 is 1.31 bits per heavy atom. The molecule has 0 N–H and O–H groups in total. The van der Waals surface area contributed by atoms with Gasteiger partial charge in [0.2, 0.25) is 0 Å². The molecular weight excluding hydrogens is 176 g/mol. The Bertz CT molecular complexity index is 209. The van der Waals surface area contributed by atoms with Crippen molar-refractivity contribution >= 4 is 11.8 Å². The lowest BCUT2D eigenvalue weighted by Gasteiger charge is -2.27. The van der Waals surface area contributed by atoms with Gasteiger partial charge in [-0.15, -0.1) is 0 Å². The quantitative estimate of drug-likeness (QED) is 0.647. The molecule has 3 unspecified atom stereocenters. The lowest BCUT2D eigenvalue weighted by molar-refractivity contribution is 0.387. The molecule has 0 radical (unpaired) electrons. The smallest absolute Gasteiger partial charge is 0.0250 e. The second-order valence-electron chi connectivity index (χ2n) is 5.48. The lowest BCUT2D eigenvalue weighted by atomic mass is 9.90. The van der Waals surface area contributed by atoms with E-state index in [2.05, 4.69) is 39.5 Å². The highest BCUT2D eigenvalue weighted by molar-refractivity contribution is 8.01. The van der Waals surface area contributed by atoms with Gasteiger partial charge in [-0.05, 0) is 35.8 Å². The van der Waals surface area contributed by atoms with Gasteiger partial charge < -0.3 is 0 Å². The molecule has 0 saturated heterocycles. The van der Waals surface area contributed by atoms with Crippen molar-refractivity contribution in [2.75, 3.05) is 5.75 Å². The molecule has 2 aliphatic carbocycles. The highest BCUT2D eigenvalue weighted by Gasteiger charge is 2.71. The first kappa shape index (κ1) is 9.89. The van der Waals surface area contributed by atoms with E-state index in [1.54, 1.807) is 0 Å². The molecule has 0 aliphatic heterocycles. The Hall–Kier alpha value is 0.350. The van der Waals surface area contributed by atoms with Gasteiger partial charge in [-0.3, -0.25) is 0 Å². The first-order valence-corrected chi connectivity index (χ1v) is 6.67. The molecule has 2 fully saturated rings. The van der Waals surface area contributed by atoms with Gasteiger partial charge in [0.05, 0.1) is 0 Å². The summed E-state index contributed by atoms with van der Waals surface area (Å²) in [6, 6.07) is 0. The summed E-state index contributed by atoms with van der Waals surface area (Å²) in [5, 5.41) is 0. The molecule has 0 heterocycles. The van der Waals surface area contributed by atoms with E-state index in [0.29, 0.717) is 10.2 Å². The van der Waals surface area contributed by atoms with Gasteiger partial charge in [0.1, 0.15) is 0 Å². The fraction of sp³-hybridized carbons (Fsp3) is 1.00. The highest BCUT2D eigenvalue weighted by Crippen LogP contribution is 2.75. The van der Waals surface area contributed by atoms with E-state index >= 15 is 0 Å². The monoisotopic (exact) mass is 198 g/mol. The second-order valence-corrected chi connectivity index (χ2v) is 7.08. The van der Waals surface area contributed by atoms with Crippen LogP contribution in [0.25, 0.3) is 0 Å². The molecule has 76 valence electrons. The number of fused-ring (bicyclic) bond motifs is 1. The van der Waals surface area contributed by atoms with Gasteiger partial charge in [-0.2, -0.15) is 11.8 Å². The van der Waals surface area contributed by atoms with E-state index < -0.39 is 0 Å². The normalized spacial score (nSPS) is 47.1. The minimum Gasteiger partial charge on any atom is -0.155 e. The average Bonchev–Trinajstić information content (AvgIpc) is 2.48. The van der Waals surface area contributed by atoms with E-state index in [1.165, 1.54) is 25.0 Å². The second kappa shape index (κ2) is 2.92. The number of hydrogen-bond donors (Lipinski definition) is 0. The minimum absolute atomic E-state index is 0.637. The fourth-order valence-electron chi connectivity index (χ4n) is 3.60. The van der Waals surface area contributed by atoms with E-state index in [0.717, 1.165) is 11.8 Å². The van der Waals surface area contributed by atoms with Crippen molar-refractivity contribution in [3.05, 3.63) is 0 Å². The summed E-state index contributed by atoms with van der Waals surface area (Å²) in [4.78, 5) is 0. The van der Waals surface area contributed by atoms with Crippen molar-refractivity contribution < 1.29 is 0 Å². The number of hydrogen-bond acceptors (Lipinski definition) is 1. The van der Waals surface area contributed by atoms with Gasteiger partial charge in [0.25, 0.3) is 0 Å². The van der Waals surface area contributed by atoms with Crippen LogP contribution >= 0.6 is 11.8 Å². The SMILES string of the molecule is CCSC12CC(C)CCC1C2(C)C. The third-order valence-corrected chi connectivity index (χ3v) is 6.22. The largest absolute Gasteiger partial charge is 0.155 e. The molecular formula is C12H22S. The van der Waals surface area contributed by atoms with Gasteiger partial charge >= 0.3 is 0 Å². The third kappa shape index (κ3) is 1.19. The van der Waals surface area contributed by atoms with Crippen molar-refractivity contribution in [1.82, 2.24) is 0 Å². The Kier molecular flexibility index (Phi) is 2.22. The van der Waals surface area contributed by atoms with Crippen LogP contribution in [0.4, 0.5) is 0 Å². The molecule has 13 heavy (non-hydrogen) atoms. The lowest BCUT2D eigenvalue weighted by Crippen LogP contribution is -2.20. The summed E-state index contributed by atoms with van der Waals surface area (Å²) < 4.78 is 0.680. The first-order valence-electron chi connectivity index (χ1n) is 5.68. The predicted octanol–water partition coefficient (Wildman–Crippen LogP) is 3.95. The van der Waals surface area contributed by atoms with Gasteiger partial charge in [-0.25, -0.2) is 0 Å². The van der Waals surface area contributed by atoms with Crippen LogP contribution in [0.3, 0.4) is 0 Å². The van der Waals surface area contributed by atoms with Crippen LogP contribution in [0, 0.1) is 17.3 Å². The molecule has 1 heteroatoms. The zero-order valence-corrected chi connectivity index (χ0v) is 10.2. The van der Waals surface area contributed by atoms with E-state index in [-0.39, 0.29) is 0 Å². The summed E-state index contributed by atoms with van der Waals surface area (Å²) in [7, 11) is 0. The Morgan fingerprint density at radius 2 is 2.00 bits per heavy atom. The van der Waals surface area contributed by atoms with Crippen LogP contribution in [0.15, 0.2) is 0 Å². The highest BCUT2D eigenvalue weighted by atomic mass is 32.2. The molecule has 0 spiro atoms. The summed E-state index contributed by atoms with van der Waals surface area (Å²) >= 11 is 2.24. The molecule has 0 aromatic carbocycles. The summed E-state index contributed by atoms with van der Waals surface area (Å²) in [5.74, 6) is 3.30. The van der Waals surface area contributed by atoms with Crippen LogP contribution < -0.4 is 0 Å². The topological polar surface area (TPSA) is 0 Å². The molecule has 2 saturated carbocycles. The maximum atomic E-state index is 2.48. The maximum absolute atomic E-state index is 2.48. The van der Waals surface area contributed by atoms with Crippen molar-refractivity contribution in [3.8, 4) is 0 Å². The van der Waals surface area contributed by atoms with Crippen molar-refractivity contribution in [2.45, 2.75) is 51.7 Å². The number of thioether (sulfide) groups is 1. The van der Waals surface area contributed by atoms with Crippen molar-refractivity contribution in [1.29, 1.82) is 0 Å². The predicted molar refractivity (Wildman–Crippen MR) is 61.1 cm³/mol. The number of rotatable bonds is 2. The van der Waals surface area contributed by atoms with Crippen LogP contribution in [-0.4, -0.2) is 10.5 Å². The molecule has 2 aliphatic rings. The standard InChI is InChI=1S/C12H22S/c1-5-13-12-8-9(2)6-7-10(12)11(12,3)4/h9-10H,5-8H2,1-4H3. The van der Waals surface area contributed by atoms with Gasteiger partial charge in [-0.1, -0.05) is 34.1 Å². The van der Waals surface area contributed by atoms with Crippen LogP contribution in [0.2, 0.25) is 0 Å². The molecule has 0 nitrogen and oxygen atoms in total. The minimum atomic E-state index is 0.637. The molecule has 3 atom stereocenters. The molecule has 0 amide bonds. The Morgan fingerprint density at radius 3 is 2.62 bits per heavy atom. The fourth-order valence-corrected chi connectivity index (χ4v) is 5.58. The average molecular weight is 198 g/mol. The zero-order chi connectivity index (χ0) is 9.69. The third-order valence-electron chi connectivity index (χ3n) is 4.44. The molecule has 0 aromatic rings.